The second-order valence-electron chi connectivity index (χ2n) is 4.74. The second-order valence-corrected chi connectivity index (χ2v) is 6.09. The highest BCUT2D eigenvalue weighted by molar-refractivity contribution is 7.12. The number of rotatable bonds is 7. The van der Waals surface area contributed by atoms with Gasteiger partial charge in [-0.2, -0.15) is 0 Å². The molecule has 8 heteroatoms. The third-order valence-electron chi connectivity index (χ3n) is 3.06. The number of anilines is 1. The second kappa shape index (κ2) is 10.3. The van der Waals surface area contributed by atoms with Crippen molar-refractivity contribution in [2.75, 3.05) is 25.0 Å². The molecule has 0 saturated heterocycles. The van der Waals surface area contributed by atoms with Gasteiger partial charge >= 0.3 is 0 Å². The summed E-state index contributed by atoms with van der Waals surface area (Å²) in [6, 6.07) is 8.34. The number of thiophene rings is 1. The van der Waals surface area contributed by atoms with E-state index in [9.17, 15) is 9.59 Å². The molecule has 0 aliphatic heterocycles. The van der Waals surface area contributed by atoms with Gasteiger partial charge in [0.25, 0.3) is 11.8 Å². The van der Waals surface area contributed by atoms with Crippen molar-refractivity contribution in [2.24, 2.45) is 0 Å². The summed E-state index contributed by atoms with van der Waals surface area (Å²) in [5, 5.41) is 10.9. The minimum atomic E-state index is -0.244. The molecule has 0 atom stereocenters. The number of carbonyl (C=O) groups is 2. The number of hydrogen-bond acceptors (Lipinski definition) is 4. The van der Waals surface area contributed by atoms with Crippen LogP contribution in [0.1, 0.15) is 27.0 Å². The van der Waals surface area contributed by atoms with Gasteiger partial charge in [-0.1, -0.05) is 24.6 Å². The van der Waals surface area contributed by atoms with Gasteiger partial charge in [0.15, 0.2) is 0 Å². The molecule has 5 nitrogen and oxygen atoms in total. The molecule has 130 valence electrons. The molecule has 2 aromatic rings. The predicted octanol–water partition coefficient (Wildman–Crippen LogP) is 3.41. The van der Waals surface area contributed by atoms with Crippen LogP contribution in [0.5, 0.6) is 0 Å². The number of nitrogens with one attached hydrogen (secondary N) is 3. The lowest BCUT2D eigenvalue weighted by molar-refractivity contribution is 0.0952. The molecular formula is C16H19Cl2N3O2S. The summed E-state index contributed by atoms with van der Waals surface area (Å²) < 4.78 is 0. The van der Waals surface area contributed by atoms with Gasteiger partial charge in [0, 0.05) is 18.7 Å². The zero-order chi connectivity index (χ0) is 16.7. The molecular weight excluding hydrogens is 369 g/mol. The lowest BCUT2D eigenvalue weighted by Gasteiger charge is -2.10. The normalized spacial score (nSPS) is 9.92. The van der Waals surface area contributed by atoms with E-state index in [0.29, 0.717) is 34.2 Å². The molecule has 0 aliphatic carbocycles. The van der Waals surface area contributed by atoms with Crippen LogP contribution in [0.4, 0.5) is 5.69 Å². The summed E-state index contributed by atoms with van der Waals surface area (Å²) in [4.78, 5) is 24.8. The number of amides is 2. The molecule has 3 N–H and O–H groups in total. The summed E-state index contributed by atoms with van der Waals surface area (Å²) in [5.41, 5.74) is 0.872. The first kappa shape index (κ1) is 20.4. The number of carbonyl (C=O) groups excluding carboxylic acids is 2. The maximum absolute atomic E-state index is 12.1. The Labute approximate surface area is 156 Å². The van der Waals surface area contributed by atoms with E-state index in [4.69, 9.17) is 11.6 Å². The van der Waals surface area contributed by atoms with Gasteiger partial charge in [-0.15, -0.1) is 23.7 Å². The van der Waals surface area contributed by atoms with E-state index in [2.05, 4.69) is 16.0 Å². The molecule has 24 heavy (non-hydrogen) atoms. The smallest absolute Gasteiger partial charge is 0.265 e. The summed E-state index contributed by atoms with van der Waals surface area (Å²) in [6.07, 6.45) is 0. The Morgan fingerprint density at radius 1 is 1.17 bits per heavy atom. The topological polar surface area (TPSA) is 70.2 Å². The maximum Gasteiger partial charge on any atom is 0.265 e. The van der Waals surface area contributed by atoms with Crippen molar-refractivity contribution < 1.29 is 9.59 Å². The first-order valence-electron chi connectivity index (χ1n) is 7.25. The van der Waals surface area contributed by atoms with Gasteiger partial charge in [0.1, 0.15) is 0 Å². The highest BCUT2D eigenvalue weighted by Gasteiger charge is 2.12. The van der Waals surface area contributed by atoms with Crippen LogP contribution in [0.2, 0.25) is 5.02 Å². The minimum absolute atomic E-state index is 0. The average molecular weight is 388 g/mol. The van der Waals surface area contributed by atoms with Gasteiger partial charge in [-0.05, 0) is 36.2 Å². The Hall–Kier alpha value is -1.60. The Morgan fingerprint density at radius 2 is 1.96 bits per heavy atom. The predicted molar refractivity (Wildman–Crippen MR) is 102 cm³/mol. The Kier molecular flexibility index (Phi) is 8.78. The third-order valence-corrected chi connectivity index (χ3v) is 4.26. The van der Waals surface area contributed by atoms with Crippen molar-refractivity contribution in [1.82, 2.24) is 10.6 Å². The maximum atomic E-state index is 12.1. The molecule has 2 amide bonds. The Morgan fingerprint density at radius 3 is 2.62 bits per heavy atom. The largest absolute Gasteiger partial charge is 0.351 e. The van der Waals surface area contributed by atoms with E-state index < -0.39 is 0 Å². The van der Waals surface area contributed by atoms with Crippen molar-refractivity contribution in [3.05, 3.63) is 51.2 Å². The molecule has 2 rings (SSSR count). The van der Waals surface area contributed by atoms with Crippen LogP contribution in [0.15, 0.2) is 35.7 Å². The lowest BCUT2D eigenvalue weighted by Crippen LogP contribution is -2.31. The molecule has 0 radical (unpaired) electrons. The van der Waals surface area contributed by atoms with Crippen LogP contribution in [0, 0.1) is 0 Å². The van der Waals surface area contributed by atoms with E-state index in [-0.39, 0.29) is 24.2 Å². The van der Waals surface area contributed by atoms with E-state index in [1.807, 2.05) is 12.3 Å². The SMILES string of the molecule is CCNCCNC(=O)c1ccc(Cl)c(NC(=O)c2cccs2)c1.Cl. The first-order chi connectivity index (χ1) is 11.1. The zero-order valence-electron chi connectivity index (χ0n) is 13.1. The summed E-state index contributed by atoms with van der Waals surface area (Å²) in [7, 11) is 0. The molecule has 1 aromatic carbocycles. The van der Waals surface area contributed by atoms with Gasteiger partial charge in [0.2, 0.25) is 0 Å². The van der Waals surface area contributed by atoms with Crippen molar-refractivity contribution in [1.29, 1.82) is 0 Å². The van der Waals surface area contributed by atoms with Crippen molar-refractivity contribution in [2.45, 2.75) is 6.92 Å². The van der Waals surface area contributed by atoms with Crippen LogP contribution in [-0.2, 0) is 0 Å². The zero-order valence-corrected chi connectivity index (χ0v) is 15.5. The highest BCUT2D eigenvalue weighted by Crippen LogP contribution is 2.24. The quantitative estimate of drug-likeness (QED) is 0.637. The minimum Gasteiger partial charge on any atom is -0.351 e. The highest BCUT2D eigenvalue weighted by atomic mass is 35.5. The molecule has 0 spiro atoms. The molecule has 0 saturated carbocycles. The van der Waals surface area contributed by atoms with Gasteiger partial charge in [-0.3, -0.25) is 9.59 Å². The standard InChI is InChI=1S/C16H18ClN3O2S.ClH/c1-2-18-7-8-19-15(21)11-5-6-12(17)13(10-11)20-16(22)14-4-3-9-23-14;/h3-6,9-10,18H,2,7-8H2,1H3,(H,19,21)(H,20,22);1H. The van der Waals surface area contributed by atoms with Gasteiger partial charge in [-0.25, -0.2) is 0 Å². The number of likely N-dealkylation sites (N-methyl/N-ethyl adjacent to an activating group) is 1. The summed E-state index contributed by atoms with van der Waals surface area (Å²) >= 11 is 7.44. The number of benzene rings is 1. The molecule has 1 heterocycles. The fourth-order valence-electron chi connectivity index (χ4n) is 1.90. The number of hydrogen-bond donors (Lipinski definition) is 3. The van der Waals surface area contributed by atoms with Crippen LogP contribution in [0.3, 0.4) is 0 Å². The van der Waals surface area contributed by atoms with Crippen LogP contribution in [-0.4, -0.2) is 31.4 Å². The average Bonchev–Trinajstić information content (AvgIpc) is 3.08. The lowest BCUT2D eigenvalue weighted by atomic mass is 10.2. The number of halogens is 2. The van der Waals surface area contributed by atoms with E-state index >= 15 is 0 Å². The molecule has 0 aliphatic rings. The Bertz CT molecular complexity index is 678. The summed E-state index contributed by atoms with van der Waals surface area (Å²) in [6.45, 7) is 4.10. The third kappa shape index (κ3) is 5.79. The van der Waals surface area contributed by atoms with Crippen LogP contribution < -0.4 is 16.0 Å². The van der Waals surface area contributed by atoms with Crippen molar-refractivity contribution >= 4 is 52.8 Å². The first-order valence-corrected chi connectivity index (χ1v) is 8.51. The molecule has 0 bridgehead atoms. The Balaban J connectivity index is 0.00000288. The molecule has 0 unspecified atom stereocenters. The molecule has 1 aromatic heterocycles. The van der Waals surface area contributed by atoms with Gasteiger partial charge < -0.3 is 16.0 Å². The van der Waals surface area contributed by atoms with Crippen LogP contribution in [0.25, 0.3) is 0 Å². The van der Waals surface area contributed by atoms with E-state index in [1.54, 1.807) is 30.3 Å². The fraction of sp³-hybridized carbons (Fsp3) is 0.250. The van der Waals surface area contributed by atoms with Crippen LogP contribution >= 0.6 is 35.3 Å². The monoisotopic (exact) mass is 387 g/mol. The fourth-order valence-corrected chi connectivity index (χ4v) is 2.68. The summed E-state index contributed by atoms with van der Waals surface area (Å²) in [5.74, 6) is -0.446. The van der Waals surface area contributed by atoms with Crippen molar-refractivity contribution in [3.8, 4) is 0 Å². The molecule has 0 fully saturated rings. The van der Waals surface area contributed by atoms with E-state index in [1.165, 1.54) is 11.3 Å². The van der Waals surface area contributed by atoms with E-state index in [0.717, 1.165) is 6.54 Å². The van der Waals surface area contributed by atoms with Crippen molar-refractivity contribution in [3.63, 3.8) is 0 Å². The van der Waals surface area contributed by atoms with Gasteiger partial charge in [0.05, 0.1) is 15.6 Å².